The molecule has 1 atom stereocenters. The van der Waals surface area contributed by atoms with Crippen LogP contribution in [-0.4, -0.2) is 68.1 Å². The third kappa shape index (κ3) is 4.05. The highest BCUT2D eigenvalue weighted by molar-refractivity contribution is 7.91. The summed E-state index contributed by atoms with van der Waals surface area (Å²) in [5.41, 5.74) is 0.630. The fraction of sp³-hybridized carbons (Fsp3) is 0.615. The monoisotopic (exact) mass is 347 g/mol. The number of amides is 1. The van der Waals surface area contributed by atoms with Crippen LogP contribution in [0.1, 0.15) is 22.2 Å². The lowest BCUT2D eigenvalue weighted by molar-refractivity contribution is 0.0557. The molecule has 0 radical (unpaired) electrons. The molecular formula is C13H21N3O4S2. The number of aryl methyl sites for hydroxylation is 1. The van der Waals surface area contributed by atoms with Gasteiger partial charge in [0, 0.05) is 32.7 Å². The van der Waals surface area contributed by atoms with Crippen molar-refractivity contribution >= 4 is 27.3 Å². The van der Waals surface area contributed by atoms with Crippen LogP contribution in [0.15, 0.2) is 10.3 Å². The van der Waals surface area contributed by atoms with Crippen molar-refractivity contribution in [2.75, 3.05) is 32.7 Å². The first-order valence-electron chi connectivity index (χ1n) is 7.01. The van der Waals surface area contributed by atoms with E-state index >= 15 is 0 Å². The molecule has 1 amide bonds. The van der Waals surface area contributed by atoms with Crippen molar-refractivity contribution in [3.8, 4) is 0 Å². The smallest absolute Gasteiger partial charge is 0.264 e. The van der Waals surface area contributed by atoms with Gasteiger partial charge in [-0.1, -0.05) is 0 Å². The van der Waals surface area contributed by atoms with Gasteiger partial charge in [-0.15, -0.1) is 11.3 Å². The number of hydrogen-bond acceptors (Lipinski definition) is 6. The zero-order valence-electron chi connectivity index (χ0n) is 12.7. The van der Waals surface area contributed by atoms with Crippen LogP contribution in [0.3, 0.4) is 0 Å². The summed E-state index contributed by atoms with van der Waals surface area (Å²) in [5, 5.41) is 14.5. The molecule has 1 aliphatic rings. The summed E-state index contributed by atoms with van der Waals surface area (Å²) in [6, 6.07) is 1.44. The van der Waals surface area contributed by atoms with Crippen molar-refractivity contribution in [3.63, 3.8) is 0 Å². The summed E-state index contributed by atoms with van der Waals surface area (Å²) in [6.45, 7) is 6.56. The minimum atomic E-state index is -3.78. The lowest BCUT2D eigenvalue weighted by Crippen LogP contribution is -2.50. The van der Waals surface area contributed by atoms with Gasteiger partial charge in [0.15, 0.2) is 0 Å². The third-order valence-electron chi connectivity index (χ3n) is 3.55. The number of carbonyl (C=O) groups is 1. The fourth-order valence-corrected chi connectivity index (χ4v) is 4.39. The zero-order valence-corrected chi connectivity index (χ0v) is 14.3. The van der Waals surface area contributed by atoms with Gasteiger partial charge in [0.25, 0.3) is 5.91 Å². The summed E-state index contributed by atoms with van der Waals surface area (Å²) in [4.78, 5) is 16.8. The molecule has 1 aromatic heterocycles. The Balaban J connectivity index is 2.06. The Kier molecular flexibility index (Phi) is 5.23. The Labute approximate surface area is 134 Å². The molecule has 0 unspecified atom stereocenters. The SMILES string of the molecule is Cc1cc(S(N)(=O)=O)sc1C(=O)N1CCN(C[C@H](C)O)CC1. The van der Waals surface area contributed by atoms with Gasteiger partial charge in [-0.25, -0.2) is 13.6 Å². The number of piperazine rings is 1. The van der Waals surface area contributed by atoms with E-state index in [2.05, 4.69) is 4.90 Å². The Morgan fingerprint density at radius 1 is 1.41 bits per heavy atom. The molecule has 1 aliphatic heterocycles. The number of hydrogen-bond donors (Lipinski definition) is 2. The molecule has 0 bridgehead atoms. The molecule has 0 aromatic carbocycles. The first-order valence-corrected chi connectivity index (χ1v) is 9.37. The molecular weight excluding hydrogens is 326 g/mol. The van der Waals surface area contributed by atoms with Crippen molar-refractivity contribution in [2.45, 2.75) is 24.2 Å². The number of β-amino-alcohol motifs (C(OH)–C–C–N with tert-alkyl or cyclic N) is 1. The van der Waals surface area contributed by atoms with Gasteiger partial charge < -0.3 is 10.0 Å². The summed E-state index contributed by atoms with van der Waals surface area (Å²) in [6.07, 6.45) is -0.390. The number of primary sulfonamides is 1. The normalized spacial score (nSPS) is 18.5. The molecule has 1 fully saturated rings. The van der Waals surface area contributed by atoms with Crippen LogP contribution in [0.5, 0.6) is 0 Å². The molecule has 3 N–H and O–H groups in total. The van der Waals surface area contributed by atoms with Gasteiger partial charge in [-0.3, -0.25) is 9.69 Å². The third-order valence-corrected chi connectivity index (χ3v) is 6.20. The van der Waals surface area contributed by atoms with Crippen LogP contribution in [0.2, 0.25) is 0 Å². The van der Waals surface area contributed by atoms with E-state index in [4.69, 9.17) is 5.14 Å². The van der Waals surface area contributed by atoms with Crippen LogP contribution < -0.4 is 5.14 Å². The lowest BCUT2D eigenvalue weighted by atomic mass is 10.2. The van der Waals surface area contributed by atoms with Crippen molar-refractivity contribution in [1.29, 1.82) is 0 Å². The molecule has 0 saturated carbocycles. The average Bonchev–Trinajstić information content (AvgIpc) is 2.80. The maximum atomic E-state index is 12.5. The van der Waals surface area contributed by atoms with E-state index in [9.17, 15) is 18.3 Å². The Morgan fingerprint density at radius 2 is 2.00 bits per heavy atom. The van der Waals surface area contributed by atoms with E-state index < -0.39 is 10.0 Å². The van der Waals surface area contributed by atoms with Crippen molar-refractivity contribution in [3.05, 3.63) is 16.5 Å². The molecule has 7 nitrogen and oxygen atoms in total. The summed E-state index contributed by atoms with van der Waals surface area (Å²) >= 11 is 0.922. The quantitative estimate of drug-likeness (QED) is 0.788. The number of aliphatic hydroxyl groups excluding tert-OH is 1. The van der Waals surface area contributed by atoms with Gasteiger partial charge in [-0.2, -0.15) is 0 Å². The lowest BCUT2D eigenvalue weighted by Gasteiger charge is -2.35. The van der Waals surface area contributed by atoms with E-state index in [-0.39, 0.29) is 16.2 Å². The van der Waals surface area contributed by atoms with Crippen LogP contribution in [0, 0.1) is 6.92 Å². The van der Waals surface area contributed by atoms with Crippen LogP contribution >= 0.6 is 11.3 Å². The number of nitrogens with zero attached hydrogens (tertiary/aromatic N) is 2. The molecule has 9 heteroatoms. The van der Waals surface area contributed by atoms with E-state index in [0.717, 1.165) is 11.3 Å². The highest BCUT2D eigenvalue weighted by atomic mass is 32.2. The van der Waals surface area contributed by atoms with Gasteiger partial charge in [0.2, 0.25) is 10.0 Å². The van der Waals surface area contributed by atoms with Crippen LogP contribution in [-0.2, 0) is 10.0 Å². The van der Waals surface area contributed by atoms with Crippen molar-refractivity contribution < 1.29 is 18.3 Å². The van der Waals surface area contributed by atoms with Gasteiger partial charge in [-0.05, 0) is 25.5 Å². The van der Waals surface area contributed by atoms with E-state index in [1.54, 1.807) is 18.7 Å². The molecule has 0 spiro atoms. The number of nitrogens with two attached hydrogens (primary N) is 1. The summed E-state index contributed by atoms with van der Waals surface area (Å²) < 4.78 is 22.8. The summed E-state index contributed by atoms with van der Waals surface area (Å²) in [7, 11) is -3.78. The molecule has 1 aromatic rings. The second-order valence-corrected chi connectivity index (χ2v) is 8.40. The van der Waals surface area contributed by atoms with Crippen LogP contribution in [0.4, 0.5) is 0 Å². The number of rotatable bonds is 4. The Hall–Kier alpha value is -1.00. The highest BCUT2D eigenvalue weighted by Crippen LogP contribution is 2.26. The largest absolute Gasteiger partial charge is 0.392 e. The average molecular weight is 347 g/mol. The number of thiophene rings is 1. The standard InChI is InChI=1S/C13H21N3O4S2/c1-9-7-11(22(14,19)20)21-12(9)13(18)16-5-3-15(4-6-16)8-10(2)17/h7,10,17H,3-6,8H2,1-2H3,(H2,14,19,20)/t10-/m0/s1. The van der Waals surface area contributed by atoms with Crippen LogP contribution in [0.25, 0.3) is 0 Å². The van der Waals surface area contributed by atoms with Crippen molar-refractivity contribution in [2.24, 2.45) is 5.14 Å². The second-order valence-electron chi connectivity index (χ2n) is 5.56. The molecule has 1 saturated heterocycles. The molecule has 2 rings (SSSR count). The zero-order chi connectivity index (χ0) is 16.5. The molecule has 2 heterocycles. The number of sulfonamides is 1. The first kappa shape index (κ1) is 17.4. The van der Waals surface area contributed by atoms with Gasteiger partial charge in [0.05, 0.1) is 11.0 Å². The minimum Gasteiger partial charge on any atom is -0.392 e. The molecule has 124 valence electrons. The molecule has 22 heavy (non-hydrogen) atoms. The second kappa shape index (κ2) is 6.63. The maximum absolute atomic E-state index is 12.5. The predicted octanol–water partition coefficient (Wildman–Crippen LogP) is -0.157. The number of carbonyl (C=O) groups excluding carboxylic acids is 1. The topological polar surface area (TPSA) is 104 Å². The fourth-order valence-electron chi connectivity index (χ4n) is 2.46. The van der Waals surface area contributed by atoms with E-state index in [1.165, 1.54) is 6.07 Å². The highest BCUT2D eigenvalue weighted by Gasteiger charge is 2.26. The first-order chi connectivity index (χ1) is 10.2. The van der Waals surface area contributed by atoms with E-state index in [0.29, 0.717) is 43.2 Å². The number of aliphatic hydroxyl groups is 1. The van der Waals surface area contributed by atoms with Gasteiger partial charge >= 0.3 is 0 Å². The Bertz CT molecular complexity index is 646. The van der Waals surface area contributed by atoms with E-state index in [1.807, 2.05) is 0 Å². The molecule has 0 aliphatic carbocycles. The van der Waals surface area contributed by atoms with Gasteiger partial charge in [0.1, 0.15) is 4.21 Å². The summed E-state index contributed by atoms with van der Waals surface area (Å²) in [5.74, 6) is -0.158. The maximum Gasteiger partial charge on any atom is 0.264 e. The predicted molar refractivity (Wildman–Crippen MR) is 84.5 cm³/mol. The Morgan fingerprint density at radius 3 is 2.45 bits per heavy atom. The minimum absolute atomic E-state index is 0.0149. The van der Waals surface area contributed by atoms with Crippen molar-refractivity contribution in [1.82, 2.24) is 9.80 Å².